The molecule has 1 N–H and O–H groups in total. The van der Waals surface area contributed by atoms with Gasteiger partial charge in [0, 0.05) is 5.92 Å². The Bertz CT molecular complexity index is 387. The maximum atomic E-state index is 12.2. The molecule has 0 unspecified atom stereocenters. The van der Waals surface area contributed by atoms with E-state index in [1.165, 1.54) is 0 Å². The molecule has 1 saturated carbocycles. The molecule has 0 bridgehead atoms. The first kappa shape index (κ1) is 10.0. The van der Waals surface area contributed by atoms with Crippen LogP contribution in [0.2, 0.25) is 0 Å². The van der Waals surface area contributed by atoms with Crippen LogP contribution >= 0.6 is 0 Å². The van der Waals surface area contributed by atoms with E-state index in [1.54, 1.807) is 0 Å². The molecule has 1 heterocycles. The zero-order valence-corrected chi connectivity index (χ0v) is 7.73. The molecule has 0 aliphatic heterocycles. The van der Waals surface area contributed by atoms with Gasteiger partial charge in [-0.05, 0) is 12.8 Å². The molecule has 0 atom stereocenters. The fraction of sp³-hybridized carbons (Fsp3) is 0.625. The van der Waals surface area contributed by atoms with Gasteiger partial charge in [0.1, 0.15) is 6.54 Å². The highest BCUT2D eigenvalue weighted by atomic mass is 19.3. The van der Waals surface area contributed by atoms with Gasteiger partial charge in [-0.25, -0.2) is 18.3 Å². The average Bonchev–Trinajstić information content (AvgIpc) is 2.87. The maximum Gasteiger partial charge on any atom is 0.358 e. The van der Waals surface area contributed by atoms with E-state index in [2.05, 4.69) is 10.3 Å². The summed E-state index contributed by atoms with van der Waals surface area (Å²) < 4.78 is 25.3. The van der Waals surface area contributed by atoms with E-state index in [0.717, 1.165) is 17.5 Å². The van der Waals surface area contributed by atoms with Gasteiger partial charge in [-0.15, -0.1) is 5.10 Å². The highest BCUT2D eigenvalue weighted by Crippen LogP contribution is 2.41. The first-order valence-electron chi connectivity index (χ1n) is 4.54. The second-order valence-electron chi connectivity index (χ2n) is 3.48. The largest absolute Gasteiger partial charge is 0.476 e. The summed E-state index contributed by atoms with van der Waals surface area (Å²) in [5.41, 5.74) is 0.140. The smallest absolute Gasteiger partial charge is 0.358 e. The van der Waals surface area contributed by atoms with Crippen LogP contribution in [0.15, 0.2) is 0 Å². The van der Waals surface area contributed by atoms with E-state index in [0.29, 0.717) is 5.69 Å². The molecular formula is C8H9F2N3O2. The van der Waals surface area contributed by atoms with Gasteiger partial charge in [-0.2, -0.15) is 0 Å². The molecule has 0 spiro atoms. The average molecular weight is 217 g/mol. The Balaban J connectivity index is 2.33. The number of aromatic carboxylic acids is 1. The normalized spacial score (nSPS) is 15.9. The number of carbonyl (C=O) groups is 1. The summed E-state index contributed by atoms with van der Waals surface area (Å²) in [4.78, 5) is 10.7. The predicted octanol–water partition coefficient (Wildman–Crippen LogP) is 1.12. The summed E-state index contributed by atoms with van der Waals surface area (Å²) >= 11 is 0. The number of aromatic nitrogens is 3. The van der Waals surface area contributed by atoms with Crippen LogP contribution in [0.25, 0.3) is 0 Å². The van der Waals surface area contributed by atoms with Crippen LogP contribution in [0.3, 0.4) is 0 Å². The SMILES string of the molecule is O=C(O)c1nnn(CC(F)F)c1C1CC1. The molecule has 0 radical (unpaired) electrons. The van der Waals surface area contributed by atoms with Crippen LogP contribution in [0.5, 0.6) is 0 Å². The Kier molecular flexibility index (Phi) is 2.37. The molecule has 1 aliphatic carbocycles. The summed E-state index contributed by atoms with van der Waals surface area (Å²) in [6.45, 7) is -0.591. The number of alkyl halides is 2. The molecule has 2 rings (SSSR count). The van der Waals surface area contributed by atoms with Gasteiger partial charge in [0.15, 0.2) is 5.69 Å². The predicted molar refractivity (Wildman–Crippen MR) is 45.0 cm³/mol. The molecule has 0 amide bonds. The van der Waals surface area contributed by atoms with Crippen molar-refractivity contribution in [2.45, 2.75) is 31.7 Å². The third-order valence-electron chi connectivity index (χ3n) is 2.25. The molecule has 5 nitrogen and oxygen atoms in total. The lowest BCUT2D eigenvalue weighted by Crippen LogP contribution is -2.12. The fourth-order valence-corrected chi connectivity index (χ4v) is 1.50. The number of hydrogen-bond donors (Lipinski definition) is 1. The van der Waals surface area contributed by atoms with Crippen LogP contribution in [0.1, 0.15) is 34.9 Å². The lowest BCUT2D eigenvalue weighted by molar-refractivity contribution is 0.0688. The third kappa shape index (κ3) is 1.95. The van der Waals surface area contributed by atoms with Crippen LogP contribution in [0, 0.1) is 0 Å². The van der Waals surface area contributed by atoms with Crippen molar-refractivity contribution in [3.05, 3.63) is 11.4 Å². The van der Waals surface area contributed by atoms with E-state index in [-0.39, 0.29) is 11.6 Å². The first-order chi connectivity index (χ1) is 7.09. The first-order valence-corrected chi connectivity index (χ1v) is 4.54. The Hall–Kier alpha value is -1.53. The number of halogens is 2. The molecule has 82 valence electrons. The monoisotopic (exact) mass is 217 g/mol. The molecule has 1 fully saturated rings. The highest BCUT2D eigenvalue weighted by molar-refractivity contribution is 5.86. The standard InChI is InChI=1S/C8H9F2N3O2/c9-5(10)3-13-7(4-1-2-4)6(8(14)15)11-12-13/h4-5H,1-3H2,(H,14,15). The summed E-state index contributed by atoms with van der Waals surface area (Å²) in [7, 11) is 0. The van der Waals surface area contributed by atoms with Crippen LogP contribution in [-0.2, 0) is 6.54 Å². The van der Waals surface area contributed by atoms with Gasteiger partial charge in [0.05, 0.1) is 5.69 Å². The molecule has 0 saturated heterocycles. The van der Waals surface area contributed by atoms with E-state index < -0.39 is 18.9 Å². The lowest BCUT2D eigenvalue weighted by atomic mass is 10.2. The molecule has 15 heavy (non-hydrogen) atoms. The van der Waals surface area contributed by atoms with Gasteiger partial charge < -0.3 is 5.11 Å². The minimum absolute atomic E-state index is 0.0323. The lowest BCUT2D eigenvalue weighted by Gasteiger charge is -2.04. The molecule has 1 aliphatic rings. The zero-order valence-electron chi connectivity index (χ0n) is 7.73. The quantitative estimate of drug-likeness (QED) is 0.820. The van der Waals surface area contributed by atoms with Crippen molar-refractivity contribution >= 4 is 5.97 Å². The molecule has 1 aromatic heterocycles. The Morgan fingerprint density at radius 1 is 1.60 bits per heavy atom. The fourth-order valence-electron chi connectivity index (χ4n) is 1.50. The number of carboxylic acids is 1. The van der Waals surface area contributed by atoms with Gasteiger partial charge >= 0.3 is 5.97 Å². The number of hydrogen-bond acceptors (Lipinski definition) is 3. The minimum atomic E-state index is -2.55. The second-order valence-corrected chi connectivity index (χ2v) is 3.48. The number of nitrogens with zero attached hydrogens (tertiary/aromatic N) is 3. The van der Waals surface area contributed by atoms with Crippen molar-refractivity contribution in [2.24, 2.45) is 0 Å². The van der Waals surface area contributed by atoms with Crippen LogP contribution in [0.4, 0.5) is 8.78 Å². The number of carboxylic acid groups (broad SMARTS) is 1. The van der Waals surface area contributed by atoms with Crippen molar-refractivity contribution in [1.82, 2.24) is 15.0 Å². The summed E-state index contributed by atoms with van der Waals surface area (Å²) in [6.07, 6.45) is -0.917. The third-order valence-corrected chi connectivity index (χ3v) is 2.25. The summed E-state index contributed by atoms with van der Waals surface area (Å²) in [5.74, 6) is -1.18. The van der Waals surface area contributed by atoms with Crippen molar-refractivity contribution in [3.63, 3.8) is 0 Å². The van der Waals surface area contributed by atoms with Crippen molar-refractivity contribution in [3.8, 4) is 0 Å². The topological polar surface area (TPSA) is 68.0 Å². The molecule has 7 heteroatoms. The van der Waals surface area contributed by atoms with Crippen LogP contribution in [-0.4, -0.2) is 32.5 Å². The highest BCUT2D eigenvalue weighted by Gasteiger charge is 2.34. The van der Waals surface area contributed by atoms with Gasteiger partial charge in [-0.3, -0.25) is 0 Å². The van der Waals surface area contributed by atoms with Crippen molar-refractivity contribution < 1.29 is 18.7 Å². The molecule has 1 aromatic rings. The Morgan fingerprint density at radius 3 is 2.73 bits per heavy atom. The summed E-state index contributed by atoms with van der Waals surface area (Å²) in [6, 6.07) is 0. The summed E-state index contributed by atoms with van der Waals surface area (Å²) in [5, 5.41) is 15.6. The van der Waals surface area contributed by atoms with Gasteiger partial charge in [-0.1, -0.05) is 5.21 Å². The van der Waals surface area contributed by atoms with Crippen LogP contribution < -0.4 is 0 Å². The zero-order chi connectivity index (χ0) is 11.0. The second kappa shape index (κ2) is 3.56. The maximum absolute atomic E-state index is 12.2. The number of rotatable bonds is 4. The van der Waals surface area contributed by atoms with Crippen molar-refractivity contribution in [2.75, 3.05) is 0 Å². The Morgan fingerprint density at radius 2 is 2.27 bits per heavy atom. The van der Waals surface area contributed by atoms with Crippen molar-refractivity contribution in [1.29, 1.82) is 0 Å². The van der Waals surface area contributed by atoms with E-state index in [9.17, 15) is 13.6 Å². The molecule has 0 aromatic carbocycles. The van der Waals surface area contributed by atoms with E-state index in [4.69, 9.17) is 5.11 Å². The van der Waals surface area contributed by atoms with E-state index >= 15 is 0 Å². The van der Waals surface area contributed by atoms with Gasteiger partial charge in [0.2, 0.25) is 0 Å². The van der Waals surface area contributed by atoms with Gasteiger partial charge in [0.25, 0.3) is 6.43 Å². The van der Waals surface area contributed by atoms with E-state index in [1.807, 2.05) is 0 Å². The Labute approximate surface area is 83.7 Å². The molecular weight excluding hydrogens is 208 g/mol. The minimum Gasteiger partial charge on any atom is -0.476 e.